The van der Waals surface area contributed by atoms with E-state index in [-0.39, 0.29) is 18.0 Å². The molecule has 0 radical (unpaired) electrons. The number of carbonyl (C=O) groups excluding carboxylic acids is 2. The number of nitrogens with one attached hydrogen (secondary N) is 1. The van der Waals surface area contributed by atoms with Crippen molar-refractivity contribution in [3.63, 3.8) is 0 Å². The summed E-state index contributed by atoms with van der Waals surface area (Å²) < 4.78 is 43.5. The summed E-state index contributed by atoms with van der Waals surface area (Å²) in [6.45, 7) is 1.20. The van der Waals surface area contributed by atoms with Crippen LogP contribution in [0, 0.1) is 0 Å². The van der Waals surface area contributed by atoms with E-state index in [1.807, 2.05) is 37.3 Å². The Labute approximate surface area is 149 Å². The van der Waals surface area contributed by atoms with Crippen molar-refractivity contribution >= 4 is 17.6 Å². The Morgan fingerprint density at radius 2 is 1.65 bits per heavy atom. The Morgan fingerprint density at radius 3 is 2.31 bits per heavy atom. The van der Waals surface area contributed by atoms with Crippen molar-refractivity contribution in [2.24, 2.45) is 0 Å². The van der Waals surface area contributed by atoms with E-state index in [9.17, 15) is 22.8 Å². The molecule has 26 heavy (non-hydrogen) atoms. The van der Waals surface area contributed by atoms with Crippen LogP contribution < -0.4 is 5.32 Å². The van der Waals surface area contributed by atoms with Crippen LogP contribution in [-0.4, -0.2) is 18.5 Å². The minimum Gasteiger partial charge on any atom is -0.456 e. The van der Waals surface area contributed by atoms with E-state index >= 15 is 0 Å². The number of alkyl halides is 3. The lowest BCUT2D eigenvalue weighted by Crippen LogP contribution is -2.23. The topological polar surface area (TPSA) is 55.4 Å². The minimum atomic E-state index is -4.59. The molecule has 2 rings (SSSR count). The molecule has 1 N–H and O–H groups in total. The van der Waals surface area contributed by atoms with Gasteiger partial charge in [0.25, 0.3) is 5.91 Å². The number of benzene rings is 2. The van der Waals surface area contributed by atoms with E-state index in [0.717, 1.165) is 17.7 Å². The molecule has 1 atom stereocenters. The normalized spacial score (nSPS) is 12.3. The summed E-state index contributed by atoms with van der Waals surface area (Å²) >= 11 is 0. The van der Waals surface area contributed by atoms with Crippen LogP contribution in [0.15, 0.2) is 54.6 Å². The Morgan fingerprint density at radius 1 is 1.04 bits per heavy atom. The molecule has 0 fully saturated rings. The number of carbonyl (C=O) groups is 2. The molecule has 4 nitrogen and oxygen atoms in total. The molecule has 138 valence electrons. The number of para-hydroxylation sites is 1. The fourth-order valence-electron chi connectivity index (χ4n) is 2.38. The maximum atomic E-state index is 12.9. The van der Waals surface area contributed by atoms with Crippen molar-refractivity contribution in [3.05, 3.63) is 65.7 Å². The van der Waals surface area contributed by atoms with E-state index in [2.05, 4.69) is 5.32 Å². The van der Waals surface area contributed by atoms with Crippen LogP contribution in [0.1, 0.15) is 30.4 Å². The van der Waals surface area contributed by atoms with Crippen LogP contribution in [0.5, 0.6) is 0 Å². The van der Waals surface area contributed by atoms with Crippen molar-refractivity contribution in [1.82, 2.24) is 0 Å². The molecule has 0 bridgehead atoms. The Hall–Kier alpha value is -2.83. The highest BCUT2D eigenvalue weighted by Gasteiger charge is 2.33. The maximum absolute atomic E-state index is 12.9. The van der Waals surface area contributed by atoms with E-state index in [1.54, 1.807) is 0 Å². The fourth-order valence-corrected chi connectivity index (χ4v) is 2.38. The first-order valence-electron chi connectivity index (χ1n) is 7.94. The predicted molar refractivity (Wildman–Crippen MR) is 90.5 cm³/mol. The van der Waals surface area contributed by atoms with E-state index in [1.165, 1.54) is 12.1 Å². The van der Waals surface area contributed by atoms with Crippen molar-refractivity contribution in [2.75, 3.05) is 11.9 Å². The van der Waals surface area contributed by atoms with Crippen molar-refractivity contribution in [2.45, 2.75) is 25.4 Å². The van der Waals surface area contributed by atoms with Crippen molar-refractivity contribution < 1.29 is 27.5 Å². The molecule has 2 aromatic carbocycles. The highest BCUT2D eigenvalue weighted by Crippen LogP contribution is 2.34. The molecule has 0 heterocycles. The van der Waals surface area contributed by atoms with Gasteiger partial charge < -0.3 is 10.1 Å². The summed E-state index contributed by atoms with van der Waals surface area (Å²) in [6.07, 6.45) is -4.53. The third kappa shape index (κ3) is 5.61. The zero-order valence-electron chi connectivity index (χ0n) is 14.0. The molecule has 0 saturated heterocycles. The number of hydrogen-bond donors (Lipinski definition) is 1. The smallest absolute Gasteiger partial charge is 0.418 e. The number of rotatable bonds is 6. The summed E-state index contributed by atoms with van der Waals surface area (Å²) in [5.41, 5.74) is -0.385. The molecule has 1 amide bonds. The lowest BCUT2D eigenvalue weighted by molar-refractivity contribution is -0.147. The number of halogens is 3. The summed E-state index contributed by atoms with van der Waals surface area (Å²) in [7, 11) is 0. The first-order valence-corrected chi connectivity index (χ1v) is 7.94. The van der Waals surface area contributed by atoms with Crippen LogP contribution >= 0.6 is 0 Å². The van der Waals surface area contributed by atoms with Crippen LogP contribution in [0.3, 0.4) is 0 Å². The fraction of sp³-hybridized carbons (Fsp3) is 0.263. The monoisotopic (exact) mass is 365 g/mol. The molecule has 0 unspecified atom stereocenters. The molecular weight excluding hydrogens is 347 g/mol. The van der Waals surface area contributed by atoms with E-state index in [0.29, 0.717) is 0 Å². The molecule has 7 heteroatoms. The Kier molecular flexibility index (Phi) is 6.38. The SMILES string of the molecule is C[C@@H](CC(=O)OCC(=O)Nc1ccccc1C(F)(F)F)c1ccccc1. The summed E-state index contributed by atoms with van der Waals surface area (Å²) in [5.74, 6) is -1.53. The molecule has 0 saturated carbocycles. The highest BCUT2D eigenvalue weighted by atomic mass is 19.4. The first-order chi connectivity index (χ1) is 12.3. The van der Waals surface area contributed by atoms with Crippen LogP contribution in [0.4, 0.5) is 18.9 Å². The average molecular weight is 365 g/mol. The van der Waals surface area contributed by atoms with Gasteiger partial charge in [0.15, 0.2) is 6.61 Å². The summed E-state index contributed by atoms with van der Waals surface area (Å²) in [4.78, 5) is 23.6. The number of esters is 1. The van der Waals surface area contributed by atoms with E-state index in [4.69, 9.17) is 4.74 Å². The predicted octanol–water partition coefficient (Wildman–Crippen LogP) is 4.38. The minimum absolute atomic E-state index is 0.0659. The van der Waals surface area contributed by atoms with Gasteiger partial charge in [-0.2, -0.15) is 13.2 Å². The van der Waals surface area contributed by atoms with Crippen LogP contribution in [0.25, 0.3) is 0 Å². The second-order valence-electron chi connectivity index (χ2n) is 5.77. The highest BCUT2D eigenvalue weighted by molar-refractivity contribution is 5.93. The standard InChI is InChI=1S/C19H18F3NO3/c1-13(14-7-3-2-4-8-14)11-18(25)26-12-17(24)23-16-10-6-5-9-15(16)19(20,21)22/h2-10,13H,11-12H2,1H3,(H,23,24)/t13-/m0/s1. The lowest BCUT2D eigenvalue weighted by Gasteiger charge is -2.14. The van der Waals surface area contributed by atoms with Crippen LogP contribution in [-0.2, 0) is 20.5 Å². The van der Waals surface area contributed by atoms with E-state index < -0.39 is 30.2 Å². The Balaban J connectivity index is 1.87. The molecule has 0 aliphatic carbocycles. The van der Waals surface area contributed by atoms with Crippen LogP contribution in [0.2, 0.25) is 0 Å². The van der Waals surface area contributed by atoms with Gasteiger partial charge in [0, 0.05) is 0 Å². The van der Waals surface area contributed by atoms with Gasteiger partial charge >= 0.3 is 12.1 Å². The second kappa shape index (κ2) is 8.51. The summed E-state index contributed by atoms with van der Waals surface area (Å²) in [5, 5.41) is 2.12. The molecule has 0 spiro atoms. The third-order valence-electron chi connectivity index (χ3n) is 3.71. The molecular formula is C19H18F3NO3. The Bertz CT molecular complexity index is 760. The number of anilines is 1. The number of hydrogen-bond acceptors (Lipinski definition) is 3. The largest absolute Gasteiger partial charge is 0.456 e. The summed E-state index contributed by atoms with van der Waals surface area (Å²) in [6, 6.07) is 13.9. The maximum Gasteiger partial charge on any atom is 0.418 e. The van der Waals surface area contributed by atoms with Gasteiger partial charge in [-0.05, 0) is 23.6 Å². The van der Waals surface area contributed by atoms with Gasteiger partial charge in [-0.25, -0.2) is 0 Å². The molecule has 0 aliphatic rings. The van der Waals surface area contributed by atoms with Gasteiger partial charge in [0.2, 0.25) is 0 Å². The third-order valence-corrected chi connectivity index (χ3v) is 3.71. The zero-order chi connectivity index (χ0) is 19.2. The lowest BCUT2D eigenvalue weighted by atomic mass is 9.98. The average Bonchev–Trinajstić information content (AvgIpc) is 2.60. The molecule has 0 aliphatic heterocycles. The van der Waals surface area contributed by atoms with Gasteiger partial charge in [-0.15, -0.1) is 0 Å². The number of amides is 1. The molecule has 0 aromatic heterocycles. The number of ether oxygens (including phenoxy) is 1. The van der Waals surface area contributed by atoms with Gasteiger partial charge in [-0.1, -0.05) is 49.4 Å². The quantitative estimate of drug-likeness (QED) is 0.773. The first kappa shape index (κ1) is 19.5. The second-order valence-corrected chi connectivity index (χ2v) is 5.77. The molecule has 2 aromatic rings. The van der Waals surface area contributed by atoms with Gasteiger partial charge in [0.05, 0.1) is 17.7 Å². The van der Waals surface area contributed by atoms with Gasteiger partial charge in [0.1, 0.15) is 0 Å². The van der Waals surface area contributed by atoms with Gasteiger partial charge in [-0.3, -0.25) is 9.59 Å². The zero-order valence-corrected chi connectivity index (χ0v) is 14.0. The van der Waals surface area contributed by atoms with Crippen molar-refractivity contribution in [1.29, 1.82) is 0 Å². The van der Waals surface area contributed by atoms with Crippen molar-refractivity contribution in [3.8, 4) is 0 Å².